The van der Waals surface area contributed by atoms with Gasteiger partial charge in [0.1, 0.15) is 5.82 Å². The summed E-state index contributed by atoms with van der Waals surface area (Å²) in [4.78, 5) is 3.92. The highest BCUT2D eigenvalue weighted by Crippen LogP contribution is 2.36. The predicted molar refractivity (Wildman–Crippen MR) is 111 cm³/mol. The third-order valence-corrected chi connectivity index (χ3v) is 4.56. The van der Waals surface area contributed by atoms with Crippen molar-refractivity contribution in [3.8, 4) is 0 Å². The van der Waals surface area contributed by atoms with Gasteiger partial charge in [0.2, 0.25) is 0 Å². The smallest absolute Gasteiger partial charge is 0.390 e. The Balaban J connectivity index is 2.15. The molecule has 0 heterocycles. The number of nitrogens with zero attached hydrogens (tertiary/aromatic N) is 1. The molecule has 2 rings (SSSR count). The van der Waals surface area contributed by atoms with Crippen molar-refractivity contribution in [1.29, 1.82) is 0 Å². The van der Waals surface area contributed by atoms with Crippen LogP contribution in [0.3, 0.4) is 0 Å². The standard InChI is InChI=1S/C20H17Cl2F4N3O/c1-11(28-9-19(30)13-3-5-15(21)17(23)8-13)6-18(29-10-27)12-2-4-14(16(22)7-12)20(24,25)26/h2-8,10,19,28,30H,1,9H2,(H2,27,29)/b18-6-/t19-/m0/s1. The topological polar surface area (TPSA) is 70.6 Å². The second-order valence-electron chi connectivity index (χ2n) is 6.10. The SMILES string of the molecule is C=C(/C=C(\N=C/N)c1ccc(C(F)(F)F)c(Cl)c1)NC[C@H](O)c1ccc(Cl)c(F)c1. The van der Waals surface area contributed by atoms with Gasteiger partial charge in [0.15, 0.2) is 0 Å². The molecule has 0 aliphatic carbocycles. The van der Waals surface area contributed by atoms with Crippen molar-refractivity contribution in [3.05, 3.63) is 87.3 Å². The zero-order valence-corrected chi connectivity index (χ0v) is 16.9. The monoisotopic (exact) mass is 461 g/mol. The van der Waals surface area contributed by atoms with Crippen molar-refractivity contribution in [2.75, 3.05) is 6.54 Å². The van der Waals surface area contributed by atoms with Crippen molar-refractivity contribution in [1.82, 2.24) is 5.32 Å². The minimum absolute atomic E-state index is 0.0240. The van der Waals surface area contributed by atoms with Crippen LogP contribution in [0, 0.1) is 5.82 Å². The molecule has 30 heavy (non-hydrogen) atoms. The Morgan fingerprint density at radius 2 is 1.90 bits per heavy atom. The number of alkyl halides is 3. The number of hydrogen-bond donors (Lipinski definition) is 3. The first kappa shape index (κ1) is 23.7. The first-order valence-corrected chi connectivity index (χ1v) is 9.17. The Bertz CT molecular complexity index is 991. The first-order valence-electron chi connectivity index (χ1n) is 8.41. The van der Waals surface area contributed by atoms with Crippen LogP contribution in [-0.4, -0.2) is 18.0 Å². The Kier molecular flexibility index (Phi) is 7.89. The van der Waals surface area contributed by atoms with Gasteiger partial charge in [-0.3, -0.25) is 0 Å². The molecule has 4 nitrogen and oxygen atoms in total. The lowest BCUT2D eigenvalue weighted by molar-refractivity contribution is -0.137. The van der Waals surface area contributed by atoms with E-state index < -0.39 is 28.7 Å². The van der Waals surface area contributed by atoms with Crippen molar-refractivity contribution < 1.29 is 22.7 Å². The lowest BCUT2D eigenvalue weighted by Crippen LogP contribution is -2.20. The van der Waals surface area contributed by atoms with Gasteiger partial charge < -0.3 is 16.2 Å². The lowest BCUT2D eigenvalue weighted by atomic mass is 10.1. The Hall–Kier alpha value is -2.55. The van der Waals surface area contributed by atoms with Crippen LogP contribution in [0.1, 0.15) is 22.8 Å². The number of allylic oxidation sites excluding steroid dienone is 1. The maximum atomic E-state index is 13.5. The van der Waals surface area contributed by atoms with Crippen LogP contribution in [-0.2, 0) is 6.18 Å². The average Bonchev–Trinajstić information content (AvgIpc) is 2.66. The molecule has 1 atom stereocenters. The summed E-state index contributed by atoms with van der Waals surface area (Å²) >= 11 is 11.4. The molecule has 0 unspecified atom stereocenters. The van der Waals surface area contributed by atoms with Gasteiger partial charge in [0, 0.05) is 17.8 Å². The molecule has 4 N–H and O–H groups in total. The molecule has 0 bridgehead atoms. The molecule has 0 saturated heterocycles. The summed E-state index contributed by atoms with van der Waals surface area (Å²) in [6, 6.07) is 7.07. The molecule has 10 heteroatoms. The van der Waals surface area contributed by atoms with Gasteiger partial charge >= 0.3 is 6.18 Å². The number of halogens is 6. The lowest BCUT2D eigenvalue weighted by Gasteiger charge is -2.14. The van der Waals surface area contributed by atoms with Crippen molar-refractivity contribution in [3.63, 3.8) is 0 Å². The molecular formula is C20H17Cl2F4N3O. The number of nitrogens with two attached hydrogens (primary N) is 1. The molecule has 0 radical (unpaired) electrons. The zero-order chi connectivity index (χ0) is 22.5. The van der Waals surface area contributed by atoms with E-state index in [-0.39, 0.29) is 28.5 Å². The summed E-state index contributed by atoms with van der Waals surface area (Å²) in [5.74, 6) is -0.661. The van der Waals surface area contributed by atoms with Gasteiger partial charge in [-0.2, -0.15) is 13.2 Å². The summed E-state index contributed by atoms with van der Waals surface area (Å²) in [5.41, 5.74) is 5.40. The van der Waals surface area contributed by atoms with Gasteiger partial charge in [0.05, 0.1) is 33.7 Å². The number of aliphatic hydroxyl groups excluding tert-OH is 1. The number of nitrogens with one attached hydrogen (secondary N) is 1. The van der Waals surface area contributed by atoms with Crippen molar-refractivity contribution in [2.24, 2.45) is 10.7 Å². The van der Waals surface area contributed by atoms with Crippen LogP contribution >= 0.6 is 23.2 Å². The molecular weight excluding hydrogens is 445 g/mol. The van der Waals surface area contributed by atoms with E-state index in [1.165, 1.54) is 24.3 Å². The normalized spacial score (nSPS) is 13.5. The van der Waals surface area contributed by atoms with Gasteiger partial charge in [-0.15, -0.1) is 0 Å². The second kappa shape index (κ2) is 9.97. The number of aliphatic hydroxyl groups is 1. The summed E-state index contributed by atoms with van der Waals surface area (Å²) in [5, 5.41) is 12.4. The fourth-order valence-corrected chi connectivity index (χ4v) is 2.87. The van der Waals surface area contributed by atoms with E-state index >= 15 is 0 Å². The fourth-order valence-electron chi connectivity index (χ4n) is 2.46. The van der Waals surface area contributed by atoms with Crippen LogP contribution in [0.2, 0.25) is 10.0 Å². The molecule has 2 aromatic carbocycles. The quantitative estimate of drug-likeness (QED) is 0.226. The van der Waals surface area contributed by atoms with E-state index in [1.807, 2.05) is 0 Å². The molecule has 160 valence electrons. The molecule has 0 fully saturated rings. The number of rotatable bonds is 7. The molecule has 0 aromatic heterocycles. The maximum absolute atomic E-state index is 13.5. The molecule has 0 saturated carbocycles. The van der Waals surface area contributed by atoms with Crippen LogP contribution < -0.4 is 11.1 Å². The zero-order valence-electron chi connectivity index (χ0n) is 15.3. The van der Waals surface area contributed by atoms with E-state index in [0.717, 1.165) is 24.5 Å². The highest BCUT2D eigenvalue weighted by molar-refractivity contribution is 6.31. The van der Waals surface area contributed by atoms with Gasteiger partial charge in [-0.25, -0.2) is 9.38 Å². The van der Waals surface area contributed by atoms with Crippen LogP contribution in [0.4, 0.5) is 17.6 Å². The van der Waals surface area contributed by atoms with Crippen LogP contribution in [0.5, 0.6) is 0 Å². The first-order chi connectivity index (χ1) is 14.0. The largest absolute Gasteiger partial charge is 0.417 e. The number of benzene rings is 2. The van der Waals surface area contributed by atoms with E-state index in [9.17, 15) is 22.7 Å². The third-order valence-electron chi connectivity index (χ3n) is 3.95. The minimum Gasteiger partial charge on any atom is -0.390 e. The van der Waals surface area contributed by atoms with E-state index in [0.29, 0.717) is 5.56 Å². The van der Waals surface area contributed by atoms with Gasteiger partial charge in [-0.05, 0) is 35.9 Å². The molecule has 0 aliphatic heterocycles. The molecule has 2 aromatic rings. The van der Waals surface area contributed by atoms with E-state index in [1.54, 1.807) is 0 Å². The molecule has 0 aliphatic rings. The molecule has 0 spiro atoms. The summed E-state index contributed by atoms with van der Waals surface area (Å²) < 4.78 is 52.1. The van der Waals surface area contributed by atoms with Crippen LogP contribution in [0.15, 0.2) is 59.7 Å². The molecule has 0 amide bonds. The number of aliphatic imine (C=N–C) groups is 1. The fraction of sp³-hybridized carbons (Fsp3) is 0.150. The maximum Gasteiger partial charge on any atom is 0.417 e. The Morgan fingerprint density at radius 3 is 2.47 bits per heavy atom. The summed E-state index contributed by atoms with van der Waals surface area (Å²) in [6.07, 6.45) is -3.27. The summed E-state index contributed by atoms with van der Waals surface area (Å²) in [6.45, 7) is 3.73. The third kappa shape index (κ3) is 6.22. The second-order valence-corrected chi connectivity index (χ2v) is 6.91. The van der Waals surface area contributed by atoms with Gasteiger partial charge in [0.25, 0.3) is 0 Å². The Morgan fingerprint density at radius 1 is 1.20 bits per heavy atom. The van der Waals surface area contributed by atoms with Crippen LogP contribution in [0.25, 0.3) is 5.70 Å². The van der Waals surface area contributed by atoms with Crippen molar-refractivity contribution in [2.45, 2.75) is 12.3 Å². The Labute approximate surface area is 180 Å². The van der Waals surface area contributed by atoms with E-state index in [4.69, 9.17) is 28.9 Å². The minimum atomic E-state index is -4.58. The van der Waals surface area contributed by atoms with Gasteiger partial charge in [-0.1, -0.05) is 41.9 Å². The van der Waals surface area contributed by atoms with E-state index in [2.05, 4.69) is 16.9 Å². The predicted octanol–water partition coefficient (Wildman–Crippen LogP) is 5.32. The van der Waals surface area contributed by atoms with Crippen molar-refractivity contribution >= 4 is 35.2 Å². The summed E-state index contributed by atoms with van der Waals surface area (Å²) in [7, 11) is 0. The number of hydrogen-bond acceptors (Lipinski definition) is 3. The highest BCUT2D eigenvalue weighted by atomic mass is 35.5. The highest BCUT2D eigenvalue weighted by Gasteiger charge is 2.33. The average molecular weight is 462 g/mol.